The number of rotatable bonds is 6. The van der Waals surface area contributed by atoms with Gasteiger partial charge in [0.1, 0.15) is 12.4 Å². The summed E-state index contributed by atoms with van der Waals surface area (Å²) in [5, 5.41) is 2.87. The zero-order chi connectivity index (χ0) is 18.3. The molecule has 4 heteroatoms. The van der Waals surface area contributed by atoms with Gasteiger partial charge >= 0.3 is 0 Å². The zero-order valence-corrected chi connectivity index (χ0v) is 15.8. The molecular weight excluding hydrogens is 326 g/mol. The van der Waals surface area contributed by atoms with Crippen LogP contribution in [0.2, 0.25) is 0 Å². The highest BCUT2D eigenvalue weighted by molar-refractivity contribution is 5.94. The van der Waals surface area contributed by atoms with E-state index in [9.17, 15) is 9.59 Å². The maximum atomic E-state index is 13.0. The highest BCUT2D eigenvalue weighted by Gasteiger charge is 2.54. The summed E-state index contributed by atoms with van der Waals surface area (Å²) in [6, 6.07) is 7.17. The lowest BCUT2D eigenvalue weighted by Gasteiger charge is -2.55. The van der Waals surface area contributed by atoms with Gasteiger partial charge in [0.15, 0.2) is 5.78 Å². The fraction of sp³-hybridized carbons (Fsp3) is 0.636. The number of Topliss-reactive ketones (excluding diaryl/α,β-unsaturated/α-hetero) is 1. The van der Waals surface area contributed by atoms with E-state index in [0.717, 1.165) is 37.0 Å². The Kier molecular flexibility index (Phi) is 4.54. The predicted octanol–water partition coefficient (Wildman–Crippen LogP) is 3.99. The Bertz CT molecular complexity index is 657. The summed E-state index contributed by atoms with van der Waals surface area (Å²) >= 11 is 0. The van der Waals surface area contributed by atoms with E-state index >= 15 is 0 Å². The Hall–Kier alpha value is -1.84. The Morgan fingerprint density at radius 2 is 1.58 bits per heavy atom. The Morgan fingerprint density at radius 3 is 2.08 bits per heavy atom. The zero-order valence-electron chi connectivity index (χ0n) is 15.8. The van der Waals surface area contributed by atoms with Gasteiger partial charge in [-0.1, -0.05) is 0 Å². The first-order valence-corrected chi connectivity index (χ1v) is 10.0. The molecule has 0 atom stereocenters. The monoisotopic (exact) mass is 355 g/mol. The number of benzene rings is 1. The van der Waals surface area contributed by atoms with Crippen molar-refractivity contribution in [3.05, 3.63) is 29.8 Å². The highest BCUT2D eigenvalue weighted by atomic mass is 16.5. The summed E-state index contributed by atoms with van der Waals surface area (Å²) < 4.78 is 5.79. The van der Waals surface area contributed by atoms with Crippen molar-refractivity contribution in [1.29, 1.82) is 0 Å². The minimum Gasteiger partial charge on any atom is -0.486 e. The number of carbonyl (C=O) groups is 2. The lowest BCUT2D eigenvalue weighted by Crippen LogP contribution is -2.51. The molecule has 0 unspecified atom stereocenters. The van der Waals surface area contributed by atoms with Crippen molar-refractivity contribution >= 4 is 11.7 Å². The molecule has 140 valence electrons. The average Bonchev–Trinajstić information content (AvgIpc) is 2.58. The van der Waals surface area contributed by atoms with Gasteiger partial charge in [-0.25, -0.2) is 0 Å². The molecule has 26 heavy (non-hydrogen) atoms. The maximum absolute atomic E-state index is 13.0. The van der Waals surface area contributed by atoms with E-state index in [2.05, 4.69) is 5.32 Å². The maximum Gasteiger partial charge on any atom is 0.251 e. The van der Waals surface area contributed by atoms with Crippen molar-refractivity contribution in [2.45, 2.75) is 58.4 Å². The fourth-order valence-electron chi connectivity index (χ4n) is 5.80. The predicted molar refractivity (Wildman–Crippen MR) is 100 cm³/mol. The SMILES string of the molecule is CC(C)NC(=O)c1ccc(OCC(=O)C23CC4CC(CC(C4)C2)C3)cc1. The molecule has 0 heterocycles. The van der Waals surface area contributed by atoms with E-state index in [4.69, 9.17) is 4.74 Å². The van der Waals surface area contributed by atoms with Crippen molar-refractivity contribution in [3.63, 3.8) is 0 Å². The second kappa shape index (κ2) is 6.71. The molecule has 1 N–H and O–H groups in total. The van der Waals surface area contributed by atoms with Crippen molar-refractivity contribution in [3.8, 4) is 5.75 Å². The number of nitrogens with one attached hydrogen (secondary N) is 1. The molecule has 1 aromatic rings. The van der Waals surface area contributed by atoms with E-state index in [1.807, 2.05) is 13.8 Å². The molecule has 0 radical (unpaired) electrons. The van der Waals surface area contributed by atoms with Crippen LogP contribution in [0.3, 0.4) is 0 Å². The molecule has 4 aliphatic carbocycles. The van der Waals surface area contributed by atoms with Gasteiger partial charge in [-0.3, -0.25) is 9.59 Å². The van der Waals surface area contributed by atoms with Crippen molar-refractivity contribution in [2.75, 3.05) is 6.61 Å². The average molecular weight is 355 g/mol. The molecule has 4 saturated carbocycles. The smallest absolute Gasteiger partial charge is 0.251 e. The van der Waals surface area contributed by atoms with E-state index < -0.39 is 0 Å². The van der Waals surface area contributed by atoms with Crippen LogP contribution in [0.4, 0.5) is 0 Å². The summed E-state index contributed by atoms with van der Waals surface area (Å²) in [5.74, 6) is 3.16. The third-order valence-electron chi connectivity index (χ3n) is 6.54. The Morgan fingerprint density at radius 1 is 1.04 bits per heavy atom. The summed E-state index contributed by atoms with van der Waals surface area (Å²) in [6.45, 7) is 4.03. The molecule has 1 amide bonds. The number of ether oxygens (including phenoxy) is 1. The van der Waals surface area contributed by atoms with Gasteiger partial charge in [-0.05, 0) is 94.4 Å². The van der Waals surface area contributed by atoms with Crippen molar-refractivity contribution in [1.82, 2.24) is 5.32 Å². The molecule has 4 bridgehead atoms. The Balaban J connectivity index is 1.35. The summed E-state index contributed by atoms with van der Waals surface area (Å²) in [7, 11) is 0. The second-order valence-corrected chi connectivity index (χ2v) is 9.06. The number of amides is 1. The standard InChI is InChI=1S/C22H29NO3/c1-14(2)23-21(25)18-3-5-19(6-4-18)26-13-20(24)22-10-15-7-16(11-22)9-17(8-15)12-22/h3-6,14-17H,7-13H2,1-2H3,(H,23,25). The van der Waals surface area contributed by atoms with Crippen LogP contribution >= 0.6 is 0 Å². The molecule has 0 saturated heterocycles. The van der Waals surface area contributed by atoms with Gasteiger partial charge in [-0.2, -0.15) is 0 Å². The third-order valence-corrected chi connectivity index (χ3v) is 6.54. The van der Waals surface area contributed by atoms with Crippen LogP contribution in [-0.2, 0) is 4.79 Å². The van der Waals surface area contributed by atoms with Gasteiger partial charge in [0.05, 0.1) is 0 Å². The molecule has 0 spiro atoms. The van der Waals surface area contributed by atoms with Crippen molar-refractivity contribution < 1.29 is 14.3 Å². The van der Waals surface area contributed by atoms with Crippen LogP contribution in [0.25, 0.3) is 0 Å². The van der Waals surface area contributed by atoms with E-state index in [-0.39, 0.29) is 24.0 Å². The van der Waals surface area contributed by atoms with Crippen molar-refractivity contribution in [2.24, 2.45) is 23.2 Å². The fourth-order valence-corrected chi connectivity index (χ4v) is 5.80. The molecular formula is C22H29NO3. The van der Waals surface area contributed by atoms with Crippen LogP contribution in [0.5, 0.6) is 5.75 Å². The first-order chi connectivity index (χ1) is 12.4. The van der Waals surface area contributed by atoms with Gasteiger partial charge < -0.3 is 10.1 Å². The lowest BCUT2D eigenvalue weighted by atomic mass is 9.48. The van der Waals surface area contributed by atoms with Crippen LogP contribution in [0.15, 0.2) is 24.3 Å². The van der Waals surface area contributed by atoms with E-state index in [0.29, 0.717) is 17.1 Å². The minimum atomic E-state index is -0.105. The first-order valence-electron chi connectivity index (χ1n) is 10.0. The normalized spacial score (nSPS) is 31.9. The summed E-state index contributed by atoms with van der Waals surface area (Å²) in [5.41, 5.74) is 0.504. The second-order valence-electron chi connectivity index (χ2n) is 9.06. The van der Waals surface area contributed by atoms with Crippen LogP contribution in [0.1, 0.15) is 62.7 Å². The largest absolute Gasteiger partial charge is 0.486 e. The van der Waals surface area contributed by atoms with Crippen LogP contribution in [0, 0.1) is 23.2 Å². The van der Waals surface area contributed by atoms with Crippen LogP contribution in [-0.4, -0.2) is 24.3 Å². The molecule has 1 aromatic carbocycles. The van der Waals surface area contributed by atoms with Gasteiger partial charge in [0.2, 0.25) is 0 Å². The molecule has 4 nitrogen and oxygen atoms in total. The number of carbonyl (C=O) groups excluding carboxylic acids is 2. The highest BCUT2D eigenvalue weighted by Crippen LogP contribution is 2.60. The molecule has 0 aromatic heterocycles. The topological polar surface area (TPSA) is 55.4 Å². The van der Waals surface area contributed by atoms with E-state index in [1.54, 1.807) is 24.3 Å². The summed E-state index contributed by atoms with van der Waals surface area (Å²) in [4.78, 5) is 25.0. The summed E-state index contributed by atoms with van der Waals surface area (Å²) in [6.07, 6.45) is 7.26. The van der Waals surface area contributed by atoms with Gasteiger partial charge in [0, 0.05) is 17.0 Å². The molecule has 5 rings (SSSR count). The minimum absolute atomic E-state index is 0.0869. The molecule has 4 aliphatic rings. The van der Waals surface area contributed by atoms with Gasteiger partial charge in [0.25, 0.3) is 5.91 Å². The van der Waals surface area contributed by atoms with E-state index in [1.165, 1.54) is 19.3 Å². The number of hydrogen-bond donors (Lipinski definition) is 1. The van der Waals surface area contributed by atoms with Gasteiger partial charge in [-0.15, -0.1) is 0 Å². The lowest BCUT2D eigenvalue weighted by molar-refractivity contribution is -0.145. The van der Waals surface area contributed by atoms with Crippen LogP contribution < -0.4 is 10.1 Å². The third kappa shape index (κ3) is 3.38. The number of hydrogen-bond acceptors (Lipinski definition) is 3. The number of ketones is 1. The Labute approximate surface area is 155 Å². The first kappa shape index (κ1) is 17.6. The quantitative estimate of drug-likeness (QED) is 0.839. The molecule has 4 fully saturated rings. The molecule has 0 aliphatic heterocycles.